The summed E-state index contributed by atoms with van der Waals surface area (Å²) >= 11 is 3.43. The first-order valence-electron chi connectivity index (χ1n) is 9.54. The molecule has 0 fully saturated rings. The zero-order chi connectivity index (χ0) is 21.9. The second-order valence-corrected chi connectivity index (χ2v) is 9.11. The van der Waals surface area contributed by atoms with Gasteiger partial charge in [0.05, 0.1) is 12.0 Å². The van der Waals surface area contributed by atoms with Crippen molar-refractivity contribution in [3.8, 4) is 16.9 Å². The maximum Gasteiger partial charge on any atom is 0.269 e. The van der Waals surface area contributed by atoms with Crippen molar-refractivity contribution in [3.05, 3.63) is 77.0 Å². The normalized spacial score (nSPS) is 11.1. The fraction of sp³-hybridized carbons (Fsp3) is 0.174. The van der Waals surface area contributed by atoms with Gasteiger partial charge in [0.1, 0.15) is 5.75 Å². The van der Waals surface area contributed by atoms with Crippen molar-refractivity contribution in [2.75, 3.05) is 7.11 Å². The van der Waals surface area contributed by atoms with Gasteiger partial charge in [0.25, 0.3) is 10.0 Å². The molecule has 0 radical (unpaired) electrons. The lowest BCUT2D eigenvalue weighted by molar-refractivity contribution is 0.416. The largest absolute Gasteiger partial charge is 0.496 e. The molecule has 0 spiro atoms. The standard InChI is InChI=1S/C21H17BrN2O3S.C2H6/c1-14-7-9-16(10-8-14)28(25,26)24-13-19(17-5-3-4-6-20(17)27-2)18-11-15(22)12-23-21(18)24;1-2/h3-13H,1-2H3;1-2H3. The number of halogens is 1. The highest BCUT2D eigenvalue weighted by Crippen LogP contribution is 2.37. The summed E-state index contributed by atoms with van der Waals surface area (Å²) in [5, 5.41) is 0.717. The zero-order valence-electron chi connectivity index (χ0n) is 17.3. The highest BCUT2D eigenvalue weighted by atomic mass is 79.9. The van der Waals surface area contributed by atoms with Crippen molar-refractivity contribution in [2.24, 2.45) is 0 Å². The highest BCUT2D eigenvalue weighted by molar-refractivity contribution is 9.10. The Bertz CT molecular complexity index is 1280. The van der Waals surface area contributed by atoms with Gasteiger partial charge in [-0.2, -0.15) is 0 Å². The summed E-state index contributed by atoms with van der Waals surface area (Å²) in [6.45, 7) is 5.92. The number of hydrogen-bond acceptors (Lipinski definition) is 4. The average molecular weight is 487 g/mol. The van der Waals surface area contributed by atoms with E-state index in [-0.39, 0.29) is 4.90 Å². The number of methoxy groups -OCH3 is 1. The Morgan fingerprint density at radius 1 is 1.00 bits per heavy atom. The molecule has 0 amide bonds. The highest BCUT2D eigenvalue weighted by Gasteiger charge is 2.24. The second kappa shape index (κ2) is 9.02. The molecule has 0 unspecified atom stereocenters. The summed E-state index contributed by atoms with van der Waals surface area (Å²) in [4.78, 5) is 4.60. The van der Waals surface area contributed by atoms with Crippen molar-refractivity contribution >= 4 is 37.0 Å². The van der Waals surface area contributed by atoms with Crippen LogP contribution >= 0.6 is 15.9 Å². The minimum Gasteiger partial charge on any atom is -0.496 e. The number of para-hydroxylation sites is 1. The van der Waals surface area contributed by atoms with Crippen molar-refractivity contribution in [1.82, 2.24) is 8.96 Å². The van der Waals surface area contributed by atoms with Crippen LogP contribution in [-0.2, 0) is 10.0 Å². The molecule has 0 bridgehead atoms. The molecule has 2 heterocycles. The summed E-state index contributed by atoms with van der Waals surface area (Å²) in [5.74, 6) is 0.661. The Morgan fingerprint density at radius 2 is 1.67 bits per heavy atom. The predicted molar refractivity (Wildman–Crippen MR) is 125 cm³/mol. The molecular weight excluding hydrogens is 464 g/mol. The van der Waals surface area contributed by atoms with Gasteiger partial charge in [0.15, 0.2) is 5.65 Å². The van der Waals surface area contributed by atoms with Crippen LogP contribution in [0, 0.1) is 6.92 Å². The predicted octanol–water partition coefficient (Wildman–Crippen LogP) is 6.05. The van der Waals surface area contributed by atoms with Gasteiger partial charge in [-0.05, 0) is 47.1 Å². The van der Waals surface area contributed by atoms with Gasteiger partial charge in [-0.1, -0.05) is 49.7 Å². The topological polar surface area (TPSA) is 61.2 Å². The van der Waals surface area contributed by atoms with E-state index in [2.05, 4.69) is 20.9 Å². The van der Waals surface area contributed by atoms with E-state index in [1.54, 1.807) is 43.8 Å². The van der Waals surface area contributed by atoms with Crippen molar-refractivity contribution in [1.29, 1.82) is 0 Å². The van der Waals surface area contributed by atoms with Crippen molar-refractivity contribution in [3.63, 3.8) is 0 Å². The number of benzene rings is 2. The number of rotatable bonds is 4. The molecule has 5 nitrogen and oxygen atoms in total. The SMILES string of the molecule is CC.COc1ccccc1-c1cn(S(=O)(=O)c2ccc(C)cc2)c2ncc(Br)cc12. The van der Waals surface area contributed by atoms with Gasteiger partial charge < -0.3 is 4.74 Å². The number of pyridine rings is 1. The Balaban J connectivity index is 0.00000124. The number of hydrogen-bond donors (Lipinski definition) is 0. The molecule has 0 aliphatic rings. The first kappa shape index (κ1) is 22.1. The van der Waals surface area contributed by atoms with E-state index in [4.69, 9.17) is 4.74 Å². The van der Waals surface area contributed by atoms with Crippen LogP contribution in [0.3, 0.4) is 0 Å². The third kappa shape index (κ3) is 4.00. The molecule has 2 aromatic heterocycles. The molecule has 0 saturated heterocycles. The van der Waals surface area contributed by atoms with E-state index in [1.165, 1.54) is 3.97 Å². The zero-order valence-corrected chi connectivity index (χ0v) is 19.7. The van der Waals surface area contributed by atoms with Crippen LogP contribution in [0.5, 0.6) is 5.75 Å². The number of aromatic nitrogens is 2. The van der Waals surface area contributed by atoms with Gasteiger partial charge in [-0.25, -0.2) is 17.4 Å². The lowest BCUT2D eigenvalue weighted by atomic mass is 10.1. The summed E-state index contributed by atoms with van der Waals surface area (Å²) < 4.78 is 34.1. The van der Waals surface area contributed by atoms with Crippen molar-refractivity contribution in [2.45, 2.75) is 25.7 Å². The molecular formula is C23H23BrN2O3S. The number of ether oxygens (including phenoxy) is 1. The third-order valence-corrected chi connectivity index (χ3v) is 6.65. The van der Waals surface area contributed by atoms with E-state index in [1.807, 2.05) is 51.1 Å². The van der Waals surface area contributed by atoms with E-state index in [0.717, 1.165) is 26.5 Å². The fourth-order valence-electron chi connectivity index (χ4n) is 3.14. The van der Waals surface area contributed by atoms with Crippen LogP contribution < -0.4 is 4.74 Å². The number of aryl methyl sites for hydroxylation is 1. The van der Waals surface area contributed by atoms with Crippen LogP contribution in [-0.4, -0.2) is 24.5 Å². The van der Waals surface area contributed by atoms with Gasteiger partial charge in [-0.15, -0.1) is 0 Å². The molecule has 0 aliphatic carbocycles. The monoisotopic (exact) mass is 486 g/mol. The van der Waals surface area contributed by atoms with Crippen LogP contribution in [0.2, 0.25) is 0 Å². The molecule has 2 aromatic carbocycles. The number of nitrogens with zero attached hydrogens (tertiary/aromatic N) is 2. The molecule has 7 heteroatoms. The van der Waals surface area contributed by atoms with Crippen LogP contribution in [0.4, 0.5) is 0 Å². The third-order valence-electron chi connectivity index (χ3n) is 4.55. The van der Waals surface area contributed by atoms with Gasteiger partial charge >= 0.3 is 0 Å². The lowest BCUT2D eigenvalue weighted by Crippen LogP contribution is -2.12. The summed E-state index contributed by atoms with van der Waals surface area (Å²) in [7, 11) is -2.21. The quantitative estimate of drug-likeness (QED) is 0.352. The van der Waals surface area contributed by atoms with Gasteiger partial charge in [0.2, 0.25) is 0 Å². The molecule has 4 rings (SSSR count). The molecule has 0 N–H and O–H groups in total. The summed E-state index contributed by atoms with van der Waals surface area (Å²) in [5.41, 5.74) is 2.89. The summed E-state index contributed by atoms with van der Waals surface area (Å²) in [6, 6.07) is 16.2. The first-order chi connectivity index (χ1) is 14.4. The maximum absolute atomic E-state index is 13.3. The van der Waals surface area contributed by atoms with Crippen LogP contribution in [0.1, 0.15) is 19.4 Å². The minimum absolute atomic E-state index is 0.214. The minimum atomic E-state index is -3.80. The molecule has 156 valence electrons. The van der Waals surface area contributed by atoms with Gasteiger partial charge in [0, 0.05) is 33.4 Å². The van der Waals surface area contributed by atoms with Gasteiger partial charge in [-0.3, -0.25) is 0 Å². The maximum atomic E-state index is 13.3. The van der Waals surface area contributed by atoms with E-state index >= 15 is 0 Å². The smallest absolute Gasteiger partial charge is 0.269 e. The van der Waals surface area contributed by atoms with Crippen LogP contribution in [0.25, 0.3) is 22.2 Å². The molecule has 30 heavy (non-hydrogen) atoms. The molecule has 0 saturated carbocycles. The molecule has 0 atom stereocenters. The Hall–Kier alpha value is -2.64. The Morgan fingerprint density at radius 3 is 2.33 bits per heavy atom. The Labute approximate surface area is 185 Å². The van der Waals surface area contributed by atoms with Crippen LogP contribution in [0.15, 0.2) is 76.4 Å². The first-order valence-corrected chi connectivity index (χ1v) is 11.8. The Kier molecular flexibility index (Phi) is 6.63. The van der Waals surface area contributed by atoms with E-state index < -0.39 is 10.0 Å². The molecule has 0 aliphatic heterocycles. The van der Waals surface area contributed by atoms with E-state index in [9.17, 15) is 8.42 Å². The fourth-order valence-corrected chi connectivity index (χ4v) is 4.80. The molecule has 4 aromatic rings. The van der Waals surface area contributed by atoms with E-state index in [0.29, 0.717) is 11.4 Å². The number of fused-ring (bicyclic) bond motifs is 1. The average Bonchev–Trinajstić information content (AvgIpc) is 3.14. The summed E-state index contributed by atoms with van der Waals surface area (Å²) in [6.07, 6.45) is 3.20. The lowest BCUT2D eigenvalue weighted by Gasteiger charge is -2.07. The van der Waals surface area contributed by atoms with Crippen molar-refractivity contribution < 1.29 is 13.2 Å². The second-order valence-electron chi connectivity index (χ2n) is 6.38.